The molecule has 2 saturated heterocycles. The molecule has 0 bridgehead atoms. The third kappa shape index (κ3) is 7.57. The second-order valence-corrected chi connectivity index (χ2v) is 13.6. The lowest BCUT2D eigenvalue weighted by atomic mass is 10.0. The molecule has 56 heavy (non-hydrogen) atoms. The molecule has 0 unspecified atom stereocenters. The molecule has 0 saturated carbocycles. The van der Waals surface area contributed by atoms with Gasteiger partial charge in [0.1, 0.15) is 18.1 Å². The topological polar surface area (TPSA) is 245 Å². The van der Waals surface area contributed by atoms with Crippen LogP contribution in [0.3, 0.4) is 0 Å². The maximum Gasteiger partial charge on any atom is 0.416 e. The van der Waals surface area contributed by atoms with E-state index in [-0.39, 0.29) is 59.4 Å². The van der Waals surface area contributed by atoms with Gasteiger partial charge in [-0.2, -0.15) is 4.68 Å². The number of piperazine rings is 1. The van der Waals surface area contributed by atoms with Crippen LogP contribution in [0.4, 0.5) is 26.7 Å². The molecule has 0 spiro atoms. The molecule has 2 aliphatic heterocycles. The lowest BCUT2D eigenvalue weighted by Crippen LogP contribution is -2.60. The Balaban J connectivity index is 1.16. The Hall–Kier alpha value is -6.86. The van der Waals surface area contributed by atoms with Crippen molar-refractivity contribution >= 4 is 75.4 Å². The number of carbonyl (C=O) groups excluding carboxylic acids is 4. The molecule has 3 aromatic carbocycles. The van der Waals surface area contributed by atoms with Gasteiger partial charge in [0.15, 0.2) is 0 Å². The number of β-amino-alcohol motifs (C(OH)–C–C–N with tert-alkyl or cyclic N) is 1. The number of tetrazole rings is 1. The number of carboxylic acids is 1. The number of carboxylic acid groups (broad SMARTS) is 2. The number of aromatic nitrogens is 5. The van der Waals surface area contributed by atoms with Gasteiger partial charge in [-0.15, -0.1) is 5.10 Å². The number of benzene rings is 3. The molecule has 20 heteroatoms. The molecule has 5 aromatic rings. The number of nitrogens with zero attached hydrogens (tertiary/aromatic N) is 8. The van der Waals surface area contributed by atoms with E-state index < -0.39 is 47.6 Å². The number of hydrogen-bond acceptors (Lipinski definition) is 10. The summed E-state index contributed by atoms with van der Waals surface area (Å²) < 4.78 is 1.93. The highest BCUT2D eigenvalue weighted by Crippen LogP contribution is 2.31. The molecule has 4 heterocycles. The van der Waals surface area contributed by atoms with Crippen LogP contribution in [0.5, 0.6) is 0 Å². The predicted octanol–water partition coefficient (Wildman–Crippen LogP) is 2.91. The molecule has 5 amide bonds. The van der Waals surface area contributed by atoms with Crippen molar-refractivity contribution in [2.24, 2.45) is 0 Å². The Morgan fingerprint density at radius 1 is 0.875 bits per heavy atom. The van der Waals surface area contributed by atoms with Gasteiger partial charge in [0.05, 0.1) is 23.0 Å². The Morgan fingerprint density at radius 3 is 2.34 bits per heavy atom. The Bertz CT molecular complexity index is 2370. The molecule has 2 atom stereocenters. The molecule has 0 aliphatic carbocycles. The molecule has 7 rings (SSSR count). The van der Waals surface area contributed by atoms with E-state index in [4.69, 9.17) is 11.6 Å². The first-order valence-corrected chi connectivity index (χ1v) is 17.7. The van der Waals surface area contributed by atoms with Crippen LogP contribution < -0.4 is 15.5 Å². The Morgan fingerprint density at radius 2 is 1.64 bits per heavy atom. The predicted molar refractivity (Wildman–Crippen MR) is 199 cm³/mol. The Kier molecular flexibility index (Phi) is 10.4. The monoisotopic (exact) mass is 784 g/mol. The minimum atomic E-state index is -1.50. The molecule has 288 valence electrons. The van der Waals surface area contributed by atoms with Crippen LogP contribution in [0, 0.1) is 0 Å². The van der Waals surface area contributed by atoms with Crippen molar-refractivity contribution < 1.29 is 44.1 Å². The Labute approximate surface area is 321 Å². The van der Waals surface area contributed by atoms with Gasteiger partial charge in [-0.25, -0.2) is 19.0 Å². The van der Waals surface area contributed by atoms with Crippen molar-refractivity contribution in [3.8, 4) is 5.69 Å². The minimum absolute atomic E-state index is 0.0351. The number of aromatic carboxylic acids is 1. The van der Waals surface area contributed by atoms with Crippen LogP contribution in [-0.2, 0) is 20.8 Å². The van der Waals surface area contributed by atoms with Gasteiger partial charge in [0.25, 0.3) is 0 Å². The number of anilines is 3. The van der Waals surface area contributed by atoms with Crippen molar-refractivity contribution in [1.82, 2.24) is 34.6 Å². The number of nitrogens with one attached hydrogen (secondary N) is 2. The number of piperidine rings is 1. The highest BCUT2D eigenvalue weighted by Gasteiger charge is 2.41. The first kappa shape index (κ1) is 37.5. The number of urea groups is 1. The lowest BCUT2D eigenvalue weighted by molar-refractivity contribution is -0.149. The number of rotatable bonds is 9. The highest BCUT2D eigenvalue weighted by molar-refractivity contribution is 6.41. The van der Waals surface area contributed by atoms with E-state index >= 15 is 0 Å². The van der Waals surface area contributed by atoms with E-state index in [9.17, 15) is 44.1 Å². The third-order valence-electron chi connectivity index (χ3n) is 9.55. The van der Waals surface area contributed by atoms with E-state index in [2.05, 4.69) is 26.2 Å². The number of aliphatic hydroxyl groups is 1. The molecule has 2 fully saturated rings. The second-order valence-electron chi connectivity index (χ2n) is 13.1. The summed E-state index contributed by atoms with van der Waals surface area (Å²) in [6, 6.07) is 15.0. The molecule has 5 N–H and O–H groups in total. The van der Waals surface area contributed by atoms with Crippen molar-refractivity contribution in [3.63, 3.8) is 0 Å². The summed E-state index contributed by atoms with van der Waals surface area (Å²) in [6.45, 7) is 0.609. The molecule has 19 nitrogen and oxygen atoms in total. The van der Waals surface area contributed by atoms with Crippen LogP contribution in [-0.4, -0.2) is 124 Å². The van der Waals surface area contributed by atoms with Gasteiger partial charge in [-0.1, -0.05) is 23.7 Å². The number of amides is 5. The van der Waals surface area contributed by atoms with Gasteiger partial charge in [-0.05, 0) is 83.4 Å². The van der Waals surface area contributed by atoms with E-state index in [1.165, 1.54) is 45.1 Å². The molecular formula is C36H33ClN10O9. The zero-order valence-corrected chi connectivity index (χ0v) is 30.0. The summed E-state index contributed by atoms with van der Waals surface area (Å²) >= 11 is 6.29. The van der Waals surface area contributed by atoms with E-state index in [0.717, 1.165) is 11.0 Å². The lowest BCUT2D eigenvalue weighted by Gasteiger charge is -2.38. The summed E-state index contributed by atoms with van der Waals surface area (Å²) in [5.74, 6) is -4.07. The summed E-state index contributed by atoms with van der Waals surface area (Å²) in [7, 11) is 0. The quantitative estimate of drug-likeness (QED) is 0.136. The fourth-order valence-electron chi connectivity index (χ4n) is 6.87. The number of hydrogen-bond donors (Lipinski definition) is 5. The van der Waals surface area contributed by atoms with Gasteiger partial charge < -0.3 is 40.7 Å². The summed E-state index contributed by atoms with van der Waals surface area (Å²) in [5.41, 5.74) is 1.44. The van der Waals surface area contributed by atoms with E-state index in [1.807, 2.05) is 0 Å². The van der Waals surface area contributed by atoms with E-state index in [0.29, 0.717) is 40.9 Å². The van der Waals surface area contributed by atoms with Crippen LogP contribution in [0.25, 0.3) is 16.6 Å². The van der Waals surface area contributed by atoms with Crippen LogP contribution in [0.1, 0.15) is 28.9 Å². The first-order valence-electron chi connectivity index (χ1n) is 17.3. The molecule has 2 aliphatic rings. The van der Waals surface area contributed by atoms with Gasteiger partial charge in [0, 0.05) is 54.4 Å². The van der Waals surface area contributed by atoms with Crippen molar-refractivity contribution in [3.05, 3.63) is 89.3 Å². The zero-order chi connectivity index (χ0) is 39.7. The maximum atomic E-state index is 14.2. The fourth-order valence-corrected chi connectivity index (χ4v) is 7.04. The molecule has 0 radical (unpaired) electrons. The number of carbonyl (C=O) groups is 6. The van der Waals surface area contributed by atoms with Gasteiger partial charge in [-0.3, -0.25) is 14.4 Å². The number of likely N-dealkylation sites (tertiary alicyclic amines) is 1. The first-order chi connectivity index (χ1) is 26.9. The zero-order valence-electron chi connectivity index (χ0n) is 29.3. The second kappa shape index (κ2) is 15.5. The average Bonchev–Trinajstić information content (AvgIpc) is 3.85. The third-order valence-corrected chi connectivity index (χ3v) is 9.79. The van der Waals surface area contributed by atoms with Crippen molar-refractivity contribution in [2.75, 3.05) is 41.7 Å². The molecular weight excluding hydrogens is 752 g/mol. The number of aliphatic hydroxyl groups excluding tert-OH is 1. The fraction of sp³-hybridized carbons (Fsp3) is 0.250. The minimum Gasteiger partial charge on any atom is -0.477 e. The van der Waals surface area contributed by atoms with E-state index in [1.54, 1.807) is 36.4 Å². The standard InChI is InChI=1S/C36H33ClN10O9/c37-22-5-9-27(46-19-38-41-42-46)28(17-22)44-12-13-45(33(51)32(44)50)29(14-20-3-6-23(7-4-20)40-35(54)43-11-1-2-25(48)18-43)31(49)39-24-8-10-26-21(15-24)16-30(34(52)53)47(26)36(55)56/h3-10,15-17,19,25,29,48H,1-2,11-14,18H2,(H,39,49)(H,40,54)(H,52,53)(H,55,56)/t25-,29-/m0/s1. The summed E-state index contributed by atoms with van der Waals surface area (Å²) in [5, 5.41) is 46.4. The average molecular weight is 785 g/mol. The molecule has 2 aromatic heterocycles. The SMILES string of the molecule is O=C(O)c1cc2cc(NC(=O)[C@H](Cc3ccc(NC(=O)N4CCC[C@H](O)C4)cc3)N3CCN(c4cc(Cl)ccc4-n4cnnn4)C(=O)C3=O)ccc2n1C(=O)O. The summed E-state index contributed by atoms with van der Waals surface area (Å²) in [6.07, 6.45) is 0.460. The summed E-state index contributed by atoms with van der Waals surface area (Å²) in [4.78, 5) is 82.3. The van der Waals surface area contributed by atoms with Crippen molar-refractivity contribution in [1.29, 1.82) is 0 Å². The normalized spacial score (nSPS) is 16.5. The maximum absolute atomic E-state index is 14.2. The largest absolute Gasteiger partial charge is 0.477 e. The van der Waals surface area contributed by atoms with Gasteiger partial charge in [0.2, 0.25) is 5.91 Å². The highest BCUT2D eigenvalue weighted by atomic mass is 35.5. The number of fused-ring (bicyclic) bond motifs is 1. The smallest absolute Gasteiger partial charge is 0.416 e. The van der Waals surface area contributed by atoms with Gasteiger partial charge >= 0.3 is 29.9 Å². The number of halogens is 1. The van der Waals surface area contributed by atoms with Crippen LogP contribution >= 0.6 is 11.6 Å². The van der Waals surface area contributed by atoms with Crippen LogP contribution in [0.2, 0.25) is 5.02 Å². The van der Waals surface area contributed by atoms with Crippen molar-refractivity contribution in [2.45, 2.75) is 31.4 Å². The van der Waals surface area contributed by atoms with Crippen LogP contribution in [0.15, 0.2) is 73.1 Å².